The van der Waals surface area contributed by atoms with Crippen LogP contribution in [0.15, 0.2) is 48.6 Å². The second-order valence-corrected chi connectivity index (χ2v) is 5.44. The summed E-state index contributed by atoms with van der Waals surface area (Å²) in [6.45, 7) is 0. The minimum Gasteiger partial charge on any atom is -0.384 e. The smallest absolute Gasteiger partial charge is 0.0483 e. The van der Waals surface area contributed by atoms with Gasteiger partial charge in [-0.1, -0.05) is 48.6 Å². The fourth-order valence-electron chi connectivity index (χ4n) is 3.63. The van der Waals surface area contributed by atoms with Gasteiger partial charge in [0.25, 0.3) is 0 Å². The molecule has 3 aliphatic rings. The normalized spacial score (nSPS) is 31.8. The highest BCUT2D eigenvalue weighted by atomic mass is 14.9. The molecule has 0 bridgehead atoms. The third kappa shape index (κ3) is 1.40. The Bertz CT molecular complexity index is 650. The van der Waals surface area contributed by atoms with Crippen LogP contribution in [-0.2, 0) is 0 Å². The summed E-state index contributed by atoms with van der Waals surface area (Å²) in [5, 5.41) is 6.38. The van der Waals surface area contributed by atoms with Crippen LogP contribution in [0.1, 0.15) is 12.8 Å². The second-order valence-electron chi connectivity index (χ2n) is 5.44. The van der Waals surface area contributed by atoms with E-state index < -0.39 is 0 Å². The van der Waals surface area contributed by atoms with Crippen molar-refractivity contribution >= 4 is 11.8 Å². The standard InChI is InChI=1S/C17H17N/c1-3-7-14-12(5-1)9-10-16-17(14)15-8-4-2-6-13(15)11-18-16/h1-8,11-12,14,16,18H,9-10H2. The highest BCUT2D eigenvalue weighted by Gasteiger charge is 2.33. The lowest BCUT2D eigenvalue weighted by molar-refractivity contribution is 0.409. The summed E-state index contributed by atoms with van der Waals surface area (Å²) in [6, 6.07) is 9.31. The number of hydrogen-bond acceptors (Lipinski definition) is 1. The van der Waals surface area contributed by atoms with Gasteiger partial charge in [-0.15, -0.1) is 0 Å². The van der Waals surface area contributed by atoms with E-state index in [2.05, 4.69) is 60.1 Å². The van der Waals surface area contributed by atoms with E-state index in [4.69, 9.17) is 0 Å². The number of benzene rings is 1. The van der Waals surface area contributed by atoms with Crippen molar-refractivity contribution in [2.24, 2.45) is 11.8 Å². The number of hydrogen-bond donors (Lipinski definition) is 1. The zero-order valence-corrected chi connectivity index (χ0v) is 10.3. The van der Waals surface area contributed by atoms with E-state index >= 15 is 0 Å². The van der Waals surface area contributed by atoms with Crippen molar-refractivity contribution in [3.8, 4) is 0 Å². The van der Waals surface area contributed by atoms with E-state index in [9.17, 15) is 0 Å². The molecule has 1 saturated carbocycles. The summed E-state index contributed by atoms with van der Waals surface area (Å²) < 4.78 is 0. The molecule has 1 heterocycles. The molecule has 0 saturated heterocycles. The highest BCUT2D eigenvalue weighted by Crippen LogP contribution is 2.38. The molecule has 1 aromatic carbocycles. The van der Waals surface area contributed by atoms with E-state index in [1.165, 1.54) is 23.3 Å². The molecule has 1 aromatic rings. The Hall–Kier alpha value is -1.76. The number of allylic oxidation sites excluding steroid dienone is 4. The van der Waals surface area contributed by atoms with E-state index in [1.807, 2.05) is 0 Å². The molecule has 1 heteroatoms. The Balaban J connectivity index is 1.99. The van der Waals surface area contributed by atoms with Gasteiger partial charge in [-0.2, -0.15) is 0 Å². The van der Waals surface area contributed by atoms with Crippen LogP contribution in [0.25, 0.3) is 11.8 Å². The van der Waals surface area contributed by atoms with Crippen molar-refractivity contribution in [3.63, 3.8) is 0 Å². The molecule has 1 N–H and O–H groups in total. The van der Waals surface area contributed by atoms with Gasteiger partial charge in [0.15, 0.2) is 0 Å². The van der Waals surface area contributed by atoms with Crippen LogP contribution in [0.5, 0.6) is 0 Å². The van der Waals surface area contributed by atoms with Gasteiger partial charge < -0.3 is 5.32 Å². The maximum atomic E-state index is 3.59. The van der Waals surface area contributed by atoms with E-state index in [0.29, 0.717) is 17.9 Å². The molecule has 2 aliphatic carbocycles. The molecule has 0 spiro atoms. The summed E-state index contributed by atoms with van der Waals surface area (Å²) in [5.41, 5.74) is 1.60. The zero-order chi connectivity index (χ0) is 11.9. The van der Waals surface area contributed by atoms with Crippen LogP contribution in [0.4, 0.5) is 0 Å². The Kier molecular flexibility index (Phi) is 2.19. The predicted molar refractivity (Wildman–Crippen MR) is 75.0 cm³/mol. The lowest BCUT2D eigenvalue weighted by atomic mass is 9.70. The number of rotatable bonds is 0. The third-order valence-corrected chi connectivity index (χ3v) is 4.48. The fourth-order valence-corrected chi connectivity index (χ4v) is 3.63. The van der Waals surface area contributed by atoms with E-state index in [1.54, 1.807) is 5.57 Å². The molecular weight excluding hydrogens is 218 g/mol. The van der Waals surface area contributed by atoms with Gasteiger partial charge in [0.05, 0.1) is 0 Å². The molecule has 3 unspecified atom stereocenters. The van der Waals surface area contributed by atoms with Crippen molar-refractivity contribution in [3.05, 3.63) is 59.0 Å². The molecule has 1 fully saturated rings. The maximum absolute atomic E-state index is 3.59. The van der Waals surface area contributed by atoms with Crippen molar-refractivity contribution in [1.29, 1.82) is 0 Å². The van der Waals surface area contributed by atoms with Crippen LogP contribution in [-0.4, -0.2) is 6.04 Å². The van der Waals surface area contributed by atoms with Crippen molar-refractivity contribution in [1.82, 2.24) is 5.32 Å². The lowest BCUT2D eigenvalue weighted by Gasteiger charge is -2.39. The molecule has 0 radical (unpaired) electrons. The van der Waals surface area contributed by atoms with Gasteiger partial charge in [0, 0.05) is 18.2 Å². The lowest BCUT2D eigenvalue weighted by Crippen LogP contribution is -2.47. The maximum Gasteiger partial charge on any atom is 0.0483 e. The van der Waals surface area contributed by atoms with E-state index in [-0.39, 0.29) is 0 Å². The minimum atomic E-state index is 0.539. The first-order chi connectivity index (χ1) is 8.93. The van der Waals surface area contributed by atoms with Crippen LogP contribution < -0.4 is 15.8 Å². The third-order valence-electron chi connectivity index (χ3n) is 4.48. The minimum absolute atomic E-state index is 0.539. The van der Waals surface area contributed by atoms with Crippen molar-refractivity contribution < 1.29 is 0 Å². The number of nitrogens with one attached hydrogen (secondary N) is 1. The molecular formula is C17H17N. The molecule has 3 atom stereocenters. The molecule has 4 rings (SSSR count). The van der Waals surface area contributed by atoms with Gasteiger partial charge in [-0.25, -0.2) is 0 Å². The van der Waals surface area contributed by atoms with Crippen molar-refractivity contribution in [2.75, 3.05) is 0 Å². The monoisotopic (exact) mass is 235 g/mol. The summed E-state index contributed by atoms with van der Waals surface area (Å²) in [7, 11) is 0. The van der Waals surface area contributed by atoms with Gasteiger partial charge >= 0.3 is 0 Å². The molecule has 1 aliphatic heterocycles. The first-order valence-electron chi connectivity index (χ1n) is 6.84. The first kappa shape index (κ1) is 10.2. The Morgan fingerprint density at radius 2 is 1.89 bits per heavy atom. The molecule has 90 valence electrons. The zero-order valence-electron chi connectivity index (χ0n) is 10.3. The second kappa shape index (κ2) is 3.88. The summed E-state index contributed by atoms with van der Waals surface area (Å²) in [4.78, 5) is 0. The average molecular weight is 235 g/mol. The van der Waals surface area contributed by atoms with Gasteiger partial charge in [-0.05, 0) is 34.8 Å². The molecule has 1 nitrogen and oxygen atoms in total. The summed E-state index contributed by atoms with van der Waals surface area (Å²) >= 11 is 0. The van der Waals surface area contributed by atoms with Gasteiger partial charge in [0.1, 0.15) is 0 Å². The van der Waals surface area contributed by atoms with Crippen molar-refractivity contribution in [2.45, 2.75) is 18.9 Å². The van der Waals surface area contributed by atoms with Crippen LogP contribution in [0.3, 0.4) is 0 Å². The fraction of sp³-hybridized carbons (Fsp3) is 0.294. The quantitative estimate of drug-likeness (QED) is 0.721. The SMILES string of the molecule is C1=CC2CCC3NC=c4ccccc4=C3C2C=C1. The largest absolute Gasteiger partial charge is 0.384 e. The van der Waals surface area contributed by atoms with Gasteiger partial charge in [-0.3, -0.25) is 0 Å². The Morgan fingerprint density at radius 3 is 2.89 bits per heavy atom. The summed E-state index contributed by atoms with van der Waals surface area (Å²) in [5.74, 6) is 1.30. The number of fused-ring (bicyclic) bond motifs is 4. The molecule has 0 aromatic heterocycles. The predicted octanol–water partition coefficient (Wildman–Crippen LogP) is 1.70. The highest BCUT2D eigenvalue weighted by molar-refractivity contribution is 5.62. The topological polar surface area (TPSA) is 12.0 Å². The summed E-state index contributed by atoms with van der Waals surface area (Å²) in [6.07, 6.45) is 13.9. The van der Waals surface area contributed by atoms with Crippen LogP contribution >= 0.6 is 0 Å². The molecule has 18 heavy (non-hydrogen) atoms. The Morgan fingerprint density at radius 1 is 1.00 bits per heavy atom. The van der Waals surface area contributed by atoms with Crippen LogP contribution in [0.2, 0.25) is 0 Å². The first-order valence-corrected chi connectivity index (χ1v) is 6.84. The average Bonchev–Trinajstić information content (AvgIpc) is 2.46. The van der Waals surface area contributed by atoms with E-state index in [0.717, 1.165) is 0 Å². The molecule has 0 amide bonds. The Labute approximate surface area is 107 Å². The van der Waals surface area contributed by atoms with Crippen LogP contribution in [0, 0.1) is 11.8 Å². The van der Waals surface area contributed by atoms with Gasteiger partial charge in [0.2, 0.25) is 0 Å².